The van der Waals surface area contributed by atoms with E-state index in [-0.39, 0.29) is 5.78 Å². The molecule has 1 rings (SSSR count). The Labute approximate surface area is 88.1 Å². The highest BCUT2D eigenvalue weighted by atomic mass is 35.5. The number of carbonyl (C=O) groups is 1. The van der Waals surface area contributed by atoms with Crippen LogP contribution in [0.3, 0.4) is 0 Å². The zero-order chi connectivity index (χ0) is 10.6. The number of hydrogen-bond acceptors (Lipinski definition) is 2. The molecule has 0 radical (unpaired) electrons. The molecule has 0 amide bonds. The van der Waals surface area contributed by atoms with E-state index in [0.717, 1.165) is 0 Å². The highest BCUT2D eigenvalue weighted by Gasteiger charge is 2.07. The fraction of sp³-hybridized carbons (Fsp3) is 0.182. The average molecular weight is 211 g/mol. The standard InChI is InChI=1S/C11H11ClO2/c1-3-4-11(13)9-6-5-8(14-2)7-10(9)12/h3-7H,1-2H3/b4-3+. The molecule has 3 heteroatoms. The summed E-state index contributed by atoms with van der Waals surface area (Å²) in [5, 5.41) is 0.410. The molecular weight excluding hydrogens is 200 g/mol. The van der Waals surface area contributed by atoms with Crippen molar-refractivity contribution in [3.8, 4) is 5.75 Å². The molecule has 0 saturated carbocycles. The zero-order valence-electron chi connectivity index (χ0n) is 8.08. The summed E-state index contributed by atoms with van der Waals surface area (Å²) in [6, 6.07) is 4.99. The lowest BCUT2D eigenvalue weighted by atomic mass is 10.1. The van der Waals surface area contributed by atoms with Crippen molar-refractivity contribution in [2.45, 2.75) is 6.92 Å². The van der Waals surface area contributed by atoms with E-state index in [0.29, 0.717) is 16.3 Å². The summed E-state index contributed by atoms with van der Waals surface area (Å²) in [6.07, 6.45) is 3.16. The van der Waals surface area contributed by atoms with Crippen LogP contribution in [0.2, 0.25) is 5.02 Å². The molecule has 0 spiro atoms. The van der Waals surface area contributed by atoms with Gasteiger partial charge in [-0.3, -0.25) is 4.79 Å². The van der Waals surface area contributed by atoms with Crippen LogP contribution in [-0.4, -0.2) is 12.9 Å². The molecule has 1 aromatic rings. The molecule has 0 aliphatic carbocycles. The van der Waals surface area contributed by atoms with Gasteiger partial charge >= 0.3 is 0 Å². The quantitative estimate of drug-likeness (QED) is 0.566. The van der Waals surface area contributed by atoms with Gasteiger partial charge in [-0.25, -0.2) is 0 Å². The summed E-state index contributed by atoms with van der Waals surface area (Å²) in [4.78, 5) is 11.5. The van der Waals surface area contributed by atoms with Gasteiger partial charge in [0.25, 0.3) is 0 Å². The molecule has 2 nitrogen and oxygen atoms in total. The third-order valence-corrected chi connectivity index (χ3v) is 2.07. The first-order valence-electron chi connectivity index (χ1n) is 4.19. The minimum absolute atomic E-state index is 0.0971. The van der Waals surface area contributed by atoms with Crippen molar-refractivity contribution in [2.24, 2.45) is 0 Å². The molecule has 74 valence electrons. The van der Waals surface area contributed by atoms with Crippen LogP contribution < -0.4 is 4.74 Å². The average Bonchev–Trinajstić information content (AvgIpc) is 2.17. The largest absolute Gasteiger partial charge is 0.497 e. The maximum absolute atomic E-state index is 11.5. The smallest absolute Gasteiger partial charge is 0.187 e. The third-order valence-electron chi connectivity index (χ3n) is 1.76. The highest BCUT2D eigenvalue weighted by Crippen LogP contribution is 2.22. The van der Waals surface area contributed by atoms with Crippen LogP contribution in [0.15, 0.2) is 30.4 Å². The minimum Gasteiger partial charge on any atom is -0.497 e. The Kier molecular flexibility index (Phi) is 3.72. The van der Waals surface area contributed by atoms with Gasteiger partial charge in [0.1, 0.15) is 5.75 Å². The van der Waals surface area contributed by atoms with Crippen molar-refractivity contribution in [3.05, 3.63) is 40.9 Å². The van der Waals surface area contributed by atoms with E-state index >= 15 is 0 Å². The van der Waals surface area contributed by atoms with E-state index in [1.807, 2.05) is 0 Å². The predicted octanol–water partition coefficient (Wildman–Crippen LogP) is 3.11. The molecule has 0 aromatic heterocycles. The molecule has 14 heavy (non-hydrogen) atoms. The maximum atomic E-state index is 11.5. The molecule has 1 aromatic carbocycles. The fourth-order valence-corrected chi connectivity index (χ4v) is 1.33. The number of rotatable bonds is 3. The fourth-order valence-electron chi connectivity index (χ4n) is 1.06. The predicted molar refractivity (Wildman–Crippen MR) is 57.1 cm³/mol. The van der Waals surface area contributed by atoms with Gasteiger partial charge in [0.05, 0.1) is 12.1 Å². The van der Waals surface area contributed by atoms with Crippen LogP contribution in [0.5, 0.6) is 5.75 Å². The molecule has 0 aliphatic heterocycles. The van der Waals surface area contributed by atoms with Gasteiger partial charge in [0.2, 0.25) is 0 Å². The lowest BCUT2D eigenvalue weighted by molar-refractivity contribution is 0.104. The number of methoxy groups -OCH3 is 1. The first-order valence-corrected chi connectivity index (χ1v) is 4.57. The summed E-state index contributed by atoms with van der Waals surface area (Å²) >= 11 is 5.90. The lowest BCUT2D eigenvalue weighted by Gasteiger charge is -2.03. The lowest BCUT2D eigenvalue weighted by Crippen LogP contribution is -1.95. The van der Waals surface area contributed by atoms with Crippen molar-refractivity contribution in [2.75, 3.05) is 7.11 Å². The van der Waals surface area contributed by atoms with Gasteiger partial charge < -0.3 is 4.74 Å². The number of carbonyl (C=O) groups excluding carboxylic acids is 1. The second-order valence-electron chi connectivity index (χ2n) is 2.71. The Morgan fingerprint density at radius 1 is 1.50 bits per heavy atom. The summed E-state index contributed by atoms with van der Waals surface area (Å²) in [7, 11) is 1.55. The normalized spacial score (nSPS) is 10.5. The van der Waals surface area contributed by atoms with Gasteiger partial charge in [-0.05, 0) is 31.2 Å². The van der Waals surface area contributed by atoms with Crippen molar-refractivity contribution >= 4 is 17.4 Å². The molecule has 0 saturated heterocycles. The van der Waals surface area contributed by atoms with Crippen LogP contribution in [-0.2, 0) is 0 Å². The monoisotopic (exact) mass is 210 g/mol. The number of allylic oxidation sites excluding steroid dienone is 2. The summed E-state index contributed by atoms with van der Waals surface area (Å²) < 4.78 is 4.98. The molecule has 0 aliphatic rings. The third kappa shape index (κ3) is 2.36. The summed E-state index contributed by atoms with van der Waals surface area (Å²) in [5.74, 6) is 0.548. The van der Waals surface area contributed by atoms with Crippen LogP contribution in [0.1, 0.15) is 17.3 Å². The first kappa shape index (κ1) is 10.8. The minimum atomic E-state index is -0.0971. The topological polar surface area (TPSA) is 26.3 Å². The van der Waals surface area contributed by atoms with Gasteiger partial charge in [0, 0.05) is 5.56 Å². The van der Waals surface area contributed by atoms with Gasteiger partial charge in [-0.2, -0.15) is 0 Å². The van der Waals surface area contributed by atoms with Crippen LogP contribution in [0.25, 0.3) is 0 Å². The van der Waals surface area contributed by atoms with Crippen molar-refractivity contribution in [1.82, 2.24) is 0 Å². The number of ether oxygens (including phenoxy) is 1. The number of ketones is 1. The second-order valence-corrected chi connectivity index (χ2v) is 3.12. The van der Waals surface area contributed by atoms with E-state index in [4.69, 9.17) is 16.3 Å². The molecule has 0 bridgehead atoms. The molecule has 0 fully saturated rings. The highest BCUT2D eigenvalue weighted by molar-refractivity contribution is 6.34. The Bertz CT molecular complexity index is 370. The van der Waals surface area contributed by atoms with Gasteiger partial charge in [0.15, 0.2) is 5.78 Å². The Morgan fingerprint density at radius 3 is 2.71 bits per heavy atom. The zero-order valence-corrected chi connectivity index (χ0v) is 8.84. The summed E-state index contributed by atoms with van der Waals surface area (Å²) in [5.41, 5.74) is 0.491. The number of benzene rings is 1. The number of hydrogen-bond donors (Lipinski definition) is 0. The van der Waals surface area contributed by atoms with E-state index < -0.39 is 0 Å². The molecule has 0 unspecified atom stereocenters. The molecule has 0 N–H and O–H groups in total. The van der Waals surface area contributed by atoms with Crippen LogP contribution >= 0.6 is 11.6 Å². The summed E-state index contributed by atoms with van der Waals surface area (Å²) in [6.45, 7) is 1.79. The SMILES string of the molecule is C/C=C/C(=O)c1ccc(OC)cc1Cl. The van der Waals surface area contributed by atoms with E-state index in [1.165, 1.54) is 6.08 Å². The first-order chi connectivity index (χ1) is 6.69. The van der Waals surface area contributed by atoms with Crippen LogP contribution in [0, 0.1) is 0 Å². The van der Waals surface area contributed by atoms with Crippen LogP contribution in [0.4, 0.5) is 0 Å². The van der Waals surface area contributed by atoms with E-state index in [9.17, 15) is 4.79 Å². The Hall–Kier alpha value is -1.28. The van der Waals surface area contributed by atoms with E-state index in [1.54, 1.807) is 38.3 Å². The maximum Gasteiger partial charge on any atom is 0.187 e. The Morgan fingerprint density at radius 2 is 2.21 bits per heavy atom. The molecular formula is C11H11ClO2. The van der Waals surface area contributed by atoms with Crippen molar-refractivity contribution in [1.29, 1.82) is 0 Å². The van der Waals surface area contributed by atoms with Gasteiger partial charge in [-0.1, -0.05) is 17.7 Å². The van der Waals surface area contributed by atoms with E-state index in [2.05, 4.69) is 0 Å². The molecule has 0 heterocycles. The number of halogens is 1. The molecule has 0 atom stereocenters. The van der Waals surface area contributed by atoms with Crippen molar-refractivity contribution in [3.63, 3.8) is 0 Å². The van der Waals surface area contributed by atoms with Crippen molar-refractivity contribution < 1.29 is 9.53 Å². The van der Waals surface area contributed by atoms with Gasteiger partial charge in [-0.15, -0.1) is 0 Å². The Balaban J connectivity index is 3.05. The second kappa shape index (κ2) is 4.82.